The molecule has 1 N–H and O–H groups in total. The number of benzene rings is 2. The van der Waals surface area contributed by atoms with E-state index < -0.39 is 0 Å². The molecule has 2 aromatic carbocycles. The molecule has 0 radical (unpaired) electrons. The number of rotatable bonds is 8. The lowest BCUT2D eigenvalue weighted by atomic mass is 10.1. The Hall–Kier alpha value is -1.54. The van der Waals surface area contributed by atoms with Crippen LogP contribution < -0.4 is 10.1 Å². The summed E-state index contributed by atoms with van der Waals surface area (Å²) in [7, 11) is 1.71. The predicted octanol–water partition coefficient (Wildman–Crippen LogP) is 4.91. The van der Waals surface area contributed by atoms with Crippen molar-refractivity contribution in [1.82, 2.24) is 5.32 Å². The molecular formula is C19H27NO. The Kier molecular flexibility index (Phi) is 6.06. The summed E-state index contributed by atoms with van der Waals surface area (Å²) in [5, 5.41) is 6.12. The average Bonchev–Trinajstić information content (AvgIpc) is 2.52. The van der Waals surface area contributed by atoms with Crippen molar-refractivity contribution in [2.75, 3.05) is 7.11 Å². The lowest BCUT2D eigenvalue weighted by Crippen LogP contribution is -2.25. The summed E-state index contributed by atoms with van der Waals surface area (Å²) in [6.45, 7) is 5.47. The third-order valence-electron chi connectivity index (χ3n) is 4.01. The van der Waals surface area contributed by atoms with Gasteiger partial charge in [0.15, 0.2) is 0 Å². The zero-order valence-electron chi connectivity index (χ0n) is 13.5. The van der Waals surface area contributed by atoms with E-state index in [0.29, 0.717) is 6.04 Å². The standard InChI is InChI=1S/C19H27NO/c1-4-5-6-7-15(2)20-14-16-8-9-18-13-19(21-3)11-10-17(18)12-16/h8-13,15,20H,4-7,14H2,1-3H3. The van der Waals surface area contributed by atoms with Crippen LogP contribution in [0.25, 0.3) is 10.8 Å². The molecular weight excluding hydrogens is 258 g/mol. The van der Waals surface area contributed by atoms with Crippen LogP contribution in [0, 0.1) is 0 Å². The first-order chi connectivity index (χ1) is 10.2. The minimum atomic E-state index is 0.586. The molecule has 2 nitrogen and oxygen atoms in total. The second-order valence-corrected chi connectivity index (χ2v) is 5.83. The predicted molar refractivity (Wildman–Crippen MR) is 90.9 cm³/mol. The Morgan fingerprint density at radius 1 is 1.05 bits per heavy atom. The molecule has 0 saturated carbocycles. The fourth-order valence-electron chi connectivity index (χ4n) is 2.60. The minimum Gasteiger partial charge on any atom is -0.497 e. The van der Waals surface area contributed by atoms with E-state index in [0.717, 1.165) is 12.3 Å². The van der Waals surface area contributed by atoms with Gasteiger partial charge in [-0.1, -0.05) is 44.4 Å². The van der Waals surface area contributed by atoms with Crippen molar-refractivity contribution < 1.29 is 4.74 Å². The van der Waals surface area contributed by atoms with Gasteiger partial charge in [0.1, 0.15) is 5.75 Å². The first-order valence-corrected chi connectivity index (χ1v) is 8.03. The summed E-state index contributed by atoms with van der Waals surface area (Å²) in [4.78, 5) is 0. The van der Waals surface area contributed by atoms with Crippen molar-refractivity contribution >= 4 is 10.8 Å². The molecule has 21 heavy (non-hydrogen) atoms. The van der Waals surface area contributed by atoms with Crippen LogP contribution >= 0.6 is 0 Å². The molecule has 2 heteroatoms. The van der Waals surface area contributed by atoms with Crippen LogP contribution in [0.4, 0.5) is 0 Å². The molecule has 0 aromatic heterocycles. The van der Waals surface area contributed by atoms with Crippen LogP contribution in [-0.4, -0.2) is 13.2 Å². The highest BCUT2D eigenvalue weighted by Gasteiger charge is 2.03. The Bertz CT molecular complexity index is 564. The number of ether oxygens (including phenoxy) is 1. The molecule has 0 fully saturated rings. The zero-order valence-corrected chi connectivity index (χ0v) is 13.5. The summed E-state index contributed by atoms with van der Waals surface area (Å²) in [6, 6.07) is 13.5. The van der Waals surface area contributed by atoms with Crippen LogP contribution in [0.15, 0.2) is 36.4 Å². The van der Waals surface area contributed by atoms with Crippen LogP contribution in [-0.2, 0) is 6.54 Å². The largest absolute Gasteiger partial charge is 0.497 e. The van der Waals surface area contributed by atoms with E-state index in [4.69, 9.17) is 4.74 Å². The molecule has 0 aliphatic heterocycles. The molecule has 0 aliphatic rings. The third-order valence-corrected chi connectivity index (χ3v) is 4.01. The normalized spacial score (nSPS) is 12.5. The monoisotopic (exact) mass is 285 g/mol. The Balaban J connectivity index is 1.93. The Morgan fingerprint density at radius 2 is 1.81 bits per heavy atom. The number of methoxy groups -OCH3 is 1. The van der Waals surface area contributed by atoms with Gasteiger partial charge < -0.3 is 10.1 Å². The van der Waals surface area contributed by atoms with Gasteiger partial charge in [-0.3, -0.25) is 0 Å². The summed E-state index contributed by atoms with van der Waals surface area (Å²) in [6.07, 6.45) is 5.21. The van der Waals surface area contributed by atoms with Crippen LogP contribution in [0.2, 0.25) is 0 Å². The van der Waals surface area contributed by atoms with Crippen molar-refractivity contribution in [3.05, 3.63) is 42.0 Å². The van der Waals surface area contributed by atoms with Crippen molar-refractivity contribution in [3.8, 4) is 5.75 Å². The van der Waals surface area contributed by atoms with Gasteiger partial charge in [-0.05, 0) is 47.9 Å². The zero-order chi connectivity index (χ0) is 15.1. The lowest BCUT2D eigenvalue weighted by Gasteiger charge is -2.14. The molecule has 0 bridgehead atoms. The van der Waals surface area contributed by atoms with Crippen LogP contribution in [0.5, 0.6) is 5.75 Å². The van der Waals surface area contributed by atoms with Gasteiger partial charge in [0.25, 0.3) is 0 Å². The molecule has 0 heterocycles. The first kappa shape index (κ1) is 15.8. The summed E-state index contributed by atoms with van der Waals surface area (Å²) < 4.78 is 5.27. The summed E-state index contributed by atoms with van der Waals surface area (Å²) >= 11 is 0. The van der Waals surface area contributed by atoms with E-state index >= 15 is 0 Å². The quantitative estimate of drug-likeness (QED) is 0.696. The maximum atomic E-state index is 5.27. The second-order valence-electron chi connectivity index (χ2n) is 5.83. The summed E-state index contributed by atoms with van der Waals surface area (Å²) in [5.74, 6) is 0.915. The molecule has 0 aliphatic carbocycles. The smallest absolute Gasteiger partial charge is 0.119 e. The van der Waals surface area contributed by atoms with E-state index in [-0.39, 0.29) is 0 Å². The molecule has 1 atom stereocenters. The minimum absolute atomic E-state index is 0.586. The van der Waals surface area contributed by atoms with E-state index in [2.05, 4.69) is 49.5 Å². The fraction of sp³-hybridized carbons (Fsp3) is 0.474. The average molecular weight is 285 g/mol. The number of fused-ring (bicyclic) bond motifs is 1. The molecule has 2 aromatic rings. The van der Waals surface area contributed by atoms with Gasteiger partial charge in [0.2, 0.25) is 0 Å². The molecule has 0 amide bonds. The highest BCUT2D eigenvalue weighted by molar-refractivity contribution is 5.84. The lowest BCUT2D eigenvalue weighted by molar-refractivity contribution is 0.415. The Labute approximate surface area is 128 Å². The van der Waals surface area contributed by atoms with Gasteiger partial charge in [0, 0.05) is 12.6 Å². The SMILES string of the molecule is CCCCCC(C)NCc1ccc2cc(OC)ccc2c1. The first-order valence-electron chi connectivity index (χ1n) is 8.03. The molecule has 114 valence electrons. The van der Waals surface area contributed by atoms with Gasteiger partial charge in [0.05, 0.1) is 7.11 Å². The van der Waals surface area contributed by atoms with Gasteiger partial charge in [-0.25, -0.2) is 0 Å². The summed E-state index contributed by atoms with van der Waals surface area (Å²) in [5.41, 5.74) is 1.34. The van der Waals surface area contributed by atoms with E-state index in [1.807, 2.05) is 6.07 Å². The maximum absolute atomic E-state index is 5.27. The van der Waals surface area contributed by atoms with E-state index in [9.17, 15) is 0 Å². The maximum Gasteiger partial charge on any atom is 0.119 e. The molecule has 0 spiro atoms. The molecule has 0 saturated heterocycles. The van der Waals surface area contributed by atoms with Crippen molar-refractivity contribution in [2.24, 2.45) is 0 Å². The van der Waals surface area contributed by atoms with Crippen LogP contribution in [0.1, 0.15) is 45.1 Å². The number of hydrogen-bond acceptors (Lipinski definition) is 2. The number of unbranched alkanes of at least 4 members (excludes halogenated alkanes) is 2. The topological polar surface area (TPSA) is 21.3 Å². The number of nitrogens with one attached hydrogen (secondary N) is 1. The highest BCUT2D eigenvalue weighted by Crippen LogP contribution is 2.21. The third kappa shape index (κ3) is 4.75. The second kappa shape index (κ2) is 8.04. The number of hydrogen-bond donors (Lipinski definition) is 1. The van der Waals surface area contributed by atoms with E-state index in [1.165, 1.54) is 42.0 Å². The Morgan fingerprint density at radius 3 is 2.57 bits per heavy atom. The van der Waals surface area contributed by atoms with Gasteiger partial charge in [-0.2, -0.15) is 0 Å². The molecule has 2 rings (SSSR count). The van der Waals surface area contributed by atoms with Crippen molar-refractivity contribution in [1.29, 1.82) is 0 Å². The fourth-order valence-corrected chi connectivity index (χ4v) is 2.60. The van der Waals surface area contributed by atoms with Crippen molar-refractivity contribution in [2.45, 2.75) is 52.1 Å². The molecule has 1 unspecified atom stereocenters. The highest BCUT2D eigenvalue weighted by atomic mass is 16.5. The van der Waals surface area contributed by atoms with Crippen LogP contribution in [0.3, 0.4) is 0 Å². The van der Waals surface area contributed by atoms with Gasteiger partial charge in [-0.15, -0.1) is 0 Å². The van der Waals surface area contributed by atoms with E-state index in [1.54, 1.807) is 7.11 Å². The van der Waals surface area contributed by atoms with Crippen molar-refractivity contribution in [3.63, 3.8) is 0 Å². The van der Waals surface area contributed by atoms with Gasteiger partial charge >= 0.3 is 0 Å².